The predicted octanol–water partition coefficient (Wildman–Crippen LogP) is 3.86. The van der Waals surface area contributed by atoms with Crippen LogP contribution in [0, 0.1) is 0 Å². The van der Waals surface area contributed by atoms with Gasteiger partial charge in [-0.15, -0.1) is 0 Å². The molecule has 5 nitrogen and oxygen atoms in total. The van der Waals surface area contributed by atoms with Crippen molar-refractivity contribution in [3.63, 3.8) is 0 Å². The van der Waals surface area contributed by atoms with Crippen molar-refractivity contribution in [2.75, 3.05) is 12.4 Å². The number of carbonyl (C=O) groups is 2. The Bertz CT molecular complexity index is 934. The van der Waals surface area contributed by atoms with Crippen LogP contribution in [-0.2, 0) is 16.0 Å². The number of methoxy groups -OCH3 is 1. The molecule has 0 spiro atoms. The Morgan fingerprint density at radius 1 is 1.12 bits per heavy atom. The molecule has 0 atom stereocenters. The number of anilines is 1. The van der Waals surface area contributed by atoms with Crippen LogP contribution in [0.1, 0.15) is 15.9 Å². The van der Waals surface area contributed by atoms with Crippen LogP contribution < -0.4 is 5.32 Å². The third kappa shape index (κ3) is 3.78. The van der Waals surface area contributed by atoms with Crippen LogP contribution in [0.25, 0.3) is 10.8 Å². The molecule has 1 N–H and O–H groups in total. The Hall–Kier alpha value is -2.92. The molecule has 0 aliphatic carbocycles. The minimum absolute atomic E-state index is 0.188. The molecule has 3 aromatic rings. The van der Waals surface area contributed by atoms with E-state index in [2.05, 4.69) is 15.0 Å². The first-order valence-electron chi connectivity index (χ1n) is 7.58. The number of benzene rings is 2. The van der Waals surface area contributed by atoms with Gasteiger partial charge < -0.3 is 10.1 Å². The lowest BCUT2D eigenvalue weighted by molar-refractivity contribution is -0.139. The third-order valence-electron chi connectivity index (χ3n) is 3.76. The summed E-state index contributed by atoms with van der Waals surface area (Å²) in [6.45, 7) is 0. The van der Waals surface area contributed by atoms with Crippen LogP contribution in [0.3, 0.4) is 0 Å². The van der Waals surface area contributed by atoms with Gasteiger partial charge in [-0.25, -0.2) is 0 Å². The number of nitrogens with zero attached hydrogens (tertiary/aromatic N) is 1. The van der Waals surface area contributed by atoms with Crippen molar-refractivity contribution < 1.29 is 14.3 Å². The summed E-state index contributed by atoms with van der Waals surface area (Å²) in [4.78, 5) is 28.0. The molecular weight excluding hydrogens is 340 g/mol. The van der Waals surface area contributed by atoms with Crippen LogP contribution in [0.4, 0.5) is 5.69 Å². The maximum atomic E-state index is 12.6. The van der Waals surface area contributed by atoms with Crippen molar-refractivity contribution in [3.05, 3.63) is 71.0 Å². The minimum atomic E-state index is -0.312. The first-order chi connectivity index (χ1) is 12.1. The van der Waals surface area contributed by atoms with Gasteiger partial charge in [-0.1, -0.05) is 35.9 Å². The molecule has 0 saturated heterocycles. The van der Waals surface area contributed by atoms with Crippen molar-refractivity contribution in [2.24, 2.45) is 0 Å². The van der Waals surface area contributed by atoms with Crippen molar-refractivity contribution >= 4 is 39.9 Å². The molecule has 0 aliphatic heterocycles. The third-order valence-corrected chi connectivity index (χ3v) is 4.08. The van der Waals surface area contributed by atoms with Gasteiger partial charge in [-0.3, -0.25) is 14.6 Å². The Morgan fingerprint density at radius 2 is 1.88 bits per heavy atom. The zero-order valence-electron chi connectivity index (χ0n) is 13.5. The maximum absolute atomic E-state index is 12.6. The number of pyridine rings is 1. The quantitative estimate of drug-likeness (QED) is 0.722. The lowest BCUT2D eigenvalue weighted by Crippen LogP contribution is -2.13. The van der Waals surface area contributed by atoms with Gasteiger partial charge in [0.05, 0.1) is 19.1 Å². The number of rotatable bonds is 4. The van der Waals surface area contributed by atoms with Gasteiger partial charge in [-0.05, 0) is 23.8 Å². The van der Waals surface area contributed by atoms with E-state index in [1.807, 2.05) is 12.1 Å². The van der Waals surface area contributed by atoms with Crippen LogP contribution in [0.2, 0.25) is 5.02 Å². The van der Waals surface area contributed by atoms with Crippen LogP contribution in [0.15, 0.2) is 54.9 Å². The molecular formula is C19H15ClN2O3. The summed E-state index contributed by atoms with van der Waals surface area (Å²) in [6, 6.07) is 12.4. The van der Waals surface area contributed by atoms with E-state index in [0.717, 1.165) is 10.9 Å². The highest BCUT2D eigenvalue weighted by molar-refractivity contribution is 6.37. The van der Waals surface area contributed by atoms with Crippen molar-refractivity contribution in [2.45, 2.75) is 6.42 Å². The van der Waals surface area contributed by atoms with Gasteiger partial charge in [-0.2, -0.15) is 0 Å². The minimum Gasteiger partial charge on any atom is -0.469 e. The number of hydrogen-bond donors (Lipinski definition) is 1. The van der Waals surface area contributed by atoms with Gasteiger partial charge in [0.25, 0.3) is 5.91 Å². The molecule has 2 aromatic carbocycles. The molecule has 6 heteroatoms. The average Bonchev–Trinajstić information content (AvgIpc) is 2.63. The van der Waals surface area contributed by atoms with Crippen LogP contribution in [-0.4, -0.2) is 24.0 Å². The van der Waals surface area contributed by atoms with E-state index in [0.29, 0.717) is 21.7 Å². The highest BCUT2D eigenvalue weighted by Crippen LogP contribution is 2.26. The van der Waals surface area contributed by atoms with Crippen molar-refractivity contribution in [1.29, 1.82) is 0 Å². The molecule has 0 radical (unpaired) electrons. The molecule has 0 aliphatic rings. The average molecular weight is 355 g/mol. The molecule has 1 aromatic heterocycles. The molecule has 1 heterocycles. The van der Waals surface area contributed by atoms with Gasteiger partial charge in [0.1, 0.15) is 0 Å². The van der Waals surface area contributed by atoms with E-state index in [4.69, 9.17) is 11.6 Å². The second kappa shape index (κ2) is 7.32. The number of esters is 1. The largest absolute Gasteiger partial charge is 0.469 e. The van der Waals surface area contributed by atoms with E-state index in [1.54, 1.807) is 36.5 Å². The summed E-state index contributed by atoms with van der Waals surface area (Å²) in [5.74, 6) is -0.611. The fraction of sp³-hybridized carbons (Fsp3) is 0.105. The fourth-order valence-corrected chi connectivity index (χ4v) is 2.79. The Morgan fingerprint density at radius 3 is 2.60 bits per heavy atom. The summed E-state index contributed by atoms with van der Waals surface area (Å²) < 4.78 is 4.63. The summed E-state index contributed by atoms with van der Waals surface area (Å²) in [7, 11) is 1.35. The first-order valence-corrected chi connectivity index (χ1v) is 7.95. The maximum Gasteiger partial charge on any atom is 0.309 e. The zero-order valence-corrected chi connectivity index (χ0v) is 14.2. The molecule has 0 bridgehead atoms. The lowest BCUT2D eigenvalue weighted by Gasteiger charge is -2.09. The van der Waals surface area contributed by atoms with Gasteiger partial charge in [0.2, 0.25) is 0 Å². The van der Waals surface area contributed by atoms with Crippen molar-refractivity contribution in [3.8, 4) is 0 Å². The number of carbonyl (C=O) groups excluding carboxylic acids is 2. The predicted molar refractivity (Wildman–Crippen MR) is 96.9 cm³/mol. The normalized spacial score (nSPS) is 10.5. The number of ether oxygens (including phenoxy) is 1. The highest BCUT2D eigenvalue weighted by Gasteiger charge is 2.13. The smallest absolute Gasteiger partial charge is 0.309 e. The number of aromatic nitrogens is 1. The molecule has 1 amide bonds. The molecule has 3 rings (SSSR count). The van der Waals surface area contributed by atoms with Crippen LogP contribution >= 0.6 is 11.6 Å². The molecule has 0 unspecified atom stereocenters. The summed E-state index contributed by atoms with van der Waals surface area (Å²) in [6.07, 6.45) is 3.35. The van der Waals surface area contributed by atoms with Crippen molar-refractivity contribution in [1.82, 2.24) is 4.98 Å². The summed E-state index contributed by atoms with van der Waals surface area (Å²) in [5.41, 5.74) is 1.82. The van der Waals surface area contributed by atoms with Crippen LogP contribution in [0.5, 0.6) is 0 Å². The second-order valence-electron chi connectivity index (χ2n) is 5.43. The second-order valence-corrected chi connectivity index (χ2v) is 5.84. The number of fused-ring (bicyclic) bond motifs is 1. The number of halogens is 1. The molecule has 25 heavy (non-hydrogen) atoms. The highest BCUT2D eigenvalue weighted by atomic mass is 35.5. The van der Waals surface area contributed by atoms with Gasteiger partial charge >= 0.3 is 5.97 Å². The van der Waals surface area contributed by atoms with Gasteiger partial charge in [0.15, 0.2) is 0 Å². The number of nitrogens with one attached hydrogen (secondary N) is 1. The Balaban J connectivity index is 1.82. The topological polar surface area (TPSA) is 68.3 Å². The monoisotopic (exact) mass is 354 g/mol. The molecule has 0 saturated carbocycles. The standard InChI is InChI=1S/C19H15ClN2O3/c1-25-17(23)9-12-5-7-14(8-6-12)22-19(24)15-11-21-10-13-3-2-4-16(20)18(13)15/h2-8,10-11H,9H2,1H3,(H,22,24). The Labute approximate surface area is 149 Å². The molecule has 0 fully saturated rings. The summed E-state index contributed by atoms with van der Waals surface area (Å²) >= 11 is 6.24. The van der Waals surface area contributed by atoms with E-state index < -0.39 is 0 Å². The number of hydrogen-bond acceptors (Lipinski definition) is 4. The first kappa shape index (κ1) is 16.9. The van der Waals surface area contributed by atoms with E-state index in [1.165, 1.54) is 13.3 Å². The number of amides is 1. The zero-order chi connectivity index (χ0) is 17.8. The van der Waals surface area contributed by atoms with Gasteiger partial charge in [0, 0.05) is 33.9 Å². The molecule has 126 valence electrons. The summed E-state index contributed by atoms with van der Waals surface area (Å²) in [5, 5.41) is 4.78. The van der Waals surface area contributed by atoms with E-state index >= 15 is 0 Å². The lowest BCUT2D eigenvalue weighted by atomic mass is 10.1. The van der Waals surface area contributed by atoms with E-state index in [-0.39, 0.29) is 18.3 Å². The van der Waals surface area contributed by atoms with E-state index in [9.17, 15) is 9.59 Å². The fourth-order valence-electron chi connectivity index (χ4n) is 2.50. The SMILES string of the molecule is COC(=O)Cc1ccc(NC(=O)c2cncc3cccc(Cl)c23)cc1. The Kier molecular flexibility index (Phi) is 4.95.